The number of hydrogen-bond donors (Lipinski definition) is 1. The van der Waals surface area contributed by atoms with Crippen molar-refractivity contribution in [1.29, 1.82) is 0 Å². The molecule has 1 aromatic carbocycles. The lowest BCUT2D eigenvalue weighted by Crippen LogP contribution is -2.62. The van der Waals surface area contributed by atoms with E-state index >= 15 is 0 Å². The quantitative estimate of drug-likeness (QED) is 0.517. The molecule has 1 N–H and O–H groups in total. The number of hydrogen-bond acceptors (Lipinski definition) is 10. The van der Waals surface area contributed by atoms with Gasteiger partial charge < -0.3 is 28.8 Å². The average molecular weight is 410 g/mol. The molecular formula is C19H22O10. The van der Waals surface area contributed by atoms with Gasteiger partial charge in [0.25, 0.3) is 0 Å². The fourth-order valence-corrected chi connectivity index (χ4v) is 2.72. The van der Waals surface area contributed by atoms with Crippen LogP contribution in [0.15, 0.2) is 30.3 Å². The number of carbonyl (C=O) groups is 4. The first-order valence-electron chi connectivity index (χ1n) is 8.76. The van der Waals surface area contributed by atoms with Gasteiger partial charge in [-0.15, -0.1) is 0 Å². The van der Waals surface area contributed by atoms with Gasteiger partial charge in [-0.2, -0.15) is 0 Å². The summed E-state index contributed by atoms with van der Waals surface area (Å²) < 4.78 is 25.8. The number of aliphatic hydroxyl groups is 1. The predicted octanol–water partition coefficient (Wildman–Crippen LogP) is 0.356. The zero-order chi connectivity index (χ0) is 21.6. The normalized spacial score (nSPS) is 26.1. The Morgan fingerprint density at radius 1 is 0.897 bits per heavy atom. The number of benzene rings is 1. The molecule has 2 rings (SSSR count). The van der Waals surface area contributed by atoms with E-state index in [4.69, 9.17) is 23.7 Å². The van der Waals surface area contributed by atoms with E-state index in [1.807, 2.05) is 0 Å². The first-order chi connectivity index (χ1) is 13.7. The molecule has 1 aromatic rings. The molecule has 0 aromatic heterocycles. The van der Waals surface area contributed by atoms with Gasteiger partial charge in [0, 0.05) is 20.8 Å². The van der Waals surface area contributed by atoms with Crippen LogP contribution in [0.1, 0.15) is 31.1 Å². The fraction of sp³-hybridized carbons (Fsp3) is 0.474. The zero-order valence-corrected chi connectivity index (χ0v) is 16.1. The van der Waals surface area contributed by atoms with Crippen LogP contribution in [-0.4, -0.2) is 66.3 Å². The fourth-order valence-electron chi connectivity index (χ4n) is 2.72. The van der Waals surface area contributed by atoms with Crippen LogP contribution >= 0.6 is 0 Å². The van der Waals surface area contributed by atoms with Crippen molar-refractivity contribution in [3.63, 3.8) is 0 Å². The Bertz CT molecular complexity index is 747. The minimum Gasteiger partial charge on any atom is -0.463 e. The Morgan fingerprint density at radius 3 is 2.07 bits per heavy atom. The highest BCUT2D eigenvalue weighted by atomic mass is 16.7. The Morgan fingerprint density at radius 2 is 1.52 bits per heavy atom. The van der Waals surface area contributed by atoms with Crippen LogP contribution in [0.25, 0.3) is 0 Å². The highest BCUT2D eigenvalue weighted by Gasteiger charge is 2.51. The second-order valence-corrected chi connectivity index (χ2v) is 6.26. The topological polar surface area (TPSA) is 135 Å². The molecular weight excluding hydrogens is 388 g/mol. The molecule has 0 radical (unpaired) electrons. The SMILES string of the molecule is CC(=O)OC[C@H]1O[C@@H](OC(C)=O)[C@H](OC(=O)c2ccccc2)[C@@H](O)[C@H]1OC(C)=O. The third kappa shape index (κ3) is 6.26. The Balaban J connectivity index is 2.27. The summed E-state index contributed by atoms with van der Waals surface area (Å²) in [6.07, 6.45) is -7.13. The number of rotatable bonds is 6. The van der Waals surface area contributed by atoms with Gasteiger partial charge in [0.05, 0.1) is 5.56 Å². The largest absolute Gasteiger partial charge is 0.463 e. The van der Waals surface area contributed by atoms with E-state index in [0.29, 0.717) is 0 Å². The summed E-state index contributed by atoms with van der Waals surface area (Å²) in [5, 5.41) is 10.7. The van der Waals surface area contributed by atoms with Crippen molar-refractivity contribution in [3.8, 4) is 0 Å². The molecule has 10 nitrogen and oxygen atoms in total. The van der Waals surface area contributed by atoms with Gasteiger partial charge in [0.15, 0.2) is 12.2 Å². The van der Waals surface area contributed by atoms with Gasteiger partial charge in [-0.25, -0.2) is 4.79 Å². The molecule has 1 heterocycles. The van der Waals surface area contributed by atoms with Crippen LogP contribution < -0.4 is 0 Å². The molecule has 1 aliphatic rings. The summed E-state index contributed by atoms with van der Waals surface area (Å²) in [5.41, 5.74) is 0.187. The van der Waals surface area contributed by atoms with Crippen molar-refractivity contribution >= 4 is 23.9 Å². The van der Waals surface area contributed by atoms with Crippen LogP contribution in [0, 0.1) is 0 Å². The van der Waals surface area contributed by atoms with Crippen molar-refractivity contribution in [2.45, 2.75) is 51.5 Å². The molecule has 0 saturated carbocycles. The minimum absolute atomic E-state index is 0.187. The van der Waals surface area contributed by atoms with Crippen molar-refractivity contribution in [3.05, 3.63) is 35.9 Å². The zero-order valence-electron chi connectivity index (χ0n) is 16.1. The van der Waals surface area contributed by atoms with Crippen LogP contribution in [0.4, 0.5) is 0 Å². The third-order valence-electron chi connectivity index (χ3n) is 3.90. The maximum Gasteiger partial charge on any atom is 0.338 e. The molecule has 0 unspecified atom stereocenters. The molecule has 10 heteroatoms. The molecule has 0 aliphatic carbocycles. The van der Waals surface area contributed by atoms with Crippen LogP contribution in [-0.2, 0) is 38.1 Å². The van der Waals surface area contributed by atoms with Crippen molar-refractivity contribution in [1.82, 2.24) is 0 Å². The first-order valence-corrected chi connectivity index (χ1v) is 8.76. The summed E-state index contributed by atoms with van der Waals surface area (Å²) in [6.45, 7) is 2.99. The standard InChI is InChI=1S/C19H22O10/c1-10(20)25-9-14-16(26-11(2)21)15(23)17(19(28-14)27-12(3)22)29-18(24)13-7-5-4-6-8-13/h4-8,14-17,19,23H,9H2,1-3H3/t14-,15+,16+,17-,19-/m1/s1. The van der Waals surface area contributed by atoms with Crippen molar-refractivity contribution in [2.75, 3.05) is 6.61 Å². The second kappa shape index (κ2) is 9.99. The molecule has 1 aliphatic heterocycles. The van der Waals surface area contributed by atoms with Crippen LogP contribution in [0.2, 0.25) is 0 Å². The molecule has 0 amide bonds. The van der Waals surface area contributed by atoms with Gasteiger partial charge in [0.2, 0.25) is 6.29 Å². The van der Waals surface area contributed by atoms with Crippen molar-refractivity contribution in [2.24, 2.45) is 0 Å². The van der Waals surface area contributed by atoms with E-state index < -0.39 is 54.6 Å². The Hall–Kier alpha value is -2.98. The van der Waals surface area contributed by atoms with E-state index in [-0.39, 0.29) is 12.2 Å². The second-order valence-electron chi connectivity index (χ2n) is 6.26. The Kier molecular flexibility index (Phi) is 7.68. The van der Waals surface area contributed by atoms with Gasteiger partial charge in [0.1, 0.15) is 18.8 Å². The highest BCUT2D eigenvalue weighted by molar-refractivity contribution is 5.89. The molecule has 1 saturated heterocycles. The summed E-state index contributed by atoms with van der Waals surface area (Å²) in [7, 11) is 0. The van der Waals surface area contributed by atoms with Gasteiger partial charge in [-0.3, -0.25) is 14.4 Å². The average Bonchev–Trinajstić information content (AvgIpc) is 2.65. The van der Waals surface area contributed by atoms with E-state index in [0.717, 1.165) is 20.8 Å². The molecule has 29 heavy (non-hydrogen) atoms. The summed E-state index contributed by atoms with van der Waals surface area (Å²) in [6, 6.07) is 7.92. The van der Waals surface area contributed by atoms with E-state index in [1.165, 1.54) is 12.1 Å². The molecule has 0 spiro atoms. The summed E-state index contributed by atoms with van der Waals surface area (Å²) in [5.74, 6) is -2.95. The number of aliphatic hydroxyl groups excluding tert-OH is 1. The first kappa shape index (κ1) is 22.3. The predicted molar refractivity (Wildman–Crippen MR) is 94.3 cm³/mol. The lowest BCUT2D eigenvalue weighted by Gasteiger charge is -2.42. The Labute approximate surface area is 166 Å². The van der Waals surface area contributed by atoms with Gasteiger partial charge in [-0.05, 0) is 12.1 Å². The molecule has 0 bridgehead atoms. The molecule has 158 valence electrons. The lowest BCUT2D eigenvalue weighted by molar-refractivity contribution is -0.294. The third-order valence-corrected chi connectivity index (χ3v) is 3.90. The molecule has 5 atom stereocenters. The maximum absolute atomic E-state index is 12.4. The van der Waals surface area contributed by atoms with E-state index in [9.17, 15) is 24.3 Å². The van der Waals surface area contributed by atoms with Gasteiger partial charge >= 0.3 is 23.9 Å². The van der Waals surface area contributed by atoms with E-state index in [1.54, 1.807) is 18.2 Å². The van der Waals surface area contributed by atoms with E-state index in [2.05, 4.69) is 0 Å². The monoisotopic (exact) mass is 410 g/mol. The molecule has 1 fully saturated rings. The lowest BCUT2D eigenvalue weighted by atomic mass is 9.98. The van der Waals surface area contributed by atoms with Crippen LogP contribution in [0.3, 0.4) is 0 Å². The maximum atomic E-state index is 12.4. The van der Waals surface area contributed by atoms with Crippen LogP contribution in [0.5, 0.6) is 0 Å². The summed E-state index contributed by atoms with van der Waals surface area (Å²) in [4.78, 5) is 46.4. The smallest absolute Gasteiger partial charge is 0.338 e. The number of ether oxygens (including phenoxy) is 5. The number of esters is 4. The number of carbonyl (C=O) groups excluding carboxylic acids is 4. The van der Waals surface area contributed by atoms with Crippen molar-refractivity contribution < 1.29 is 48.0 Å². The minimum atomic E-state index is -1.62. The highest BCUT2D eigenvalue weighted by Crippen LogP contribution is 2.28. The van der Waals surface area contributed by atoms with Gasteiger partial charge in [-0.1, -0.05) is 18.2 Å². The summed E-state index contributed by atoms with van der Waals surface area (Å²) >= 11 is 0.